The molecule has 2 amide bonds. The maximum Gasteiger partial charge on any atom is 0.472 e. The quantitative estimate of drug-likeness (QED) is 0.0453. The summed E-state index contributed by atoms with van der Waals surface area (Å²) in [4.78, 5) is 38.4. The van der Waals surface area contributed by atoms with Crippen molar-refractivity contribution in [2.24, 2.45) is 5.73 Å². The Hall–Kier alpha value is -0.220. The molecule has 0 radical (unpaired) electrons. The lowest BCUT2D eigenvalue weighted by Crippen LogP contribution is -2.38. The Bertz CT molecular complexity index is 874. The predicted octanol–water partition coefficient (Wildman–Crippen LogP) is 1.82. The number of amides is 2. The average molecular weight is 624 g/mol. The molecule has 2 fully saturated rings. The summed E-state index contributed by atoms with van der Waals surface area (Å²) in [6.45, 7) is -4.13. The topological polar surface area (TPSA) is 198 Å². The van der Waals surface area contributed by atoms with E-state index < -0.39 is 38.9 Å². The number of phosphoric ester groups is 1. The summed E-state index contributed by atoms with van der Waals surface area (Å²) in [6, 6.07) is -1.29. The van der Waals surface area contributed by atoms with Crippen LogP contribution in [0.2, 0.25) is 0 Å². The second-order valence-corrected chi connectivity index (χ2v) is 14.0. The molecule has 0 aliphatic carbocycles. The lowest BCUT2D eigenvalue weighted by atomic mass is 10.1. The number of carbonyl (C=O) groups is 2. The van der Waals surface area contributed by atoms with Crippen LogP contribution in [0.5, 0.6) is 0 Å². The van der Waals surface area contributed by atoms with Crippen LogP contribution in [-0.4, -0.2) is 99.8 Å². The fraction of sp³-hybridized carbons (Fsp3) is 0.900. The Morgan fingerprint density at radius 2 is 1.55 bits per heavy atom. The first kappa shape index (κ1) is 34.0. The Labute approximate surface area is 233 Å². The SMILES string of the molecule is NCCCCCC(=O)N1C[C@H](OP(=O)(O)OCC2C[C@@H](O)CN2C(=O)CCCS)C[C@H]1COP(=O)(S)OO. The smallest absolute Gasteiger partial charge is 0.391 e. The van der Waals surface area contributed by atoms with Crippen LogP contribution >= 0.6 is 39.5 Å². The number of unbranched alkanes of at least 4 members (excludes halogenated alkanes) is 2. The van der Waals surface area contributed by atoms with Gasteiger partial charge in [0, 0.05) is 25.9 Å². The molecule has 0 spiro atoms. The molecule has 222 valence electrons. The van der Waals surface area contributed by atoms with Gasteiger partial charge in [0.15, 0.2) is 0 Å². The van der Waals surface area contributed by atoms with Crippen LogP contribution in [0.25, 0.3) is 0 Å². The molecule has 2 aliphatic heterocycles. The first-order valence-electron chi connectivity index (χ1n) is 12.5. The standard InChI is InChI=1S/C20H39N3O11P2S2/c21-7-3-1-2-5-19(25)23-12-18(10-16(23)14-32-36(30,38)34-27)33-35(28,29)31-13-15-9-17(24)11-22(15)20(26)6-4-8-37/h15-18,24,27,37H,1-14,21H2,(H,28,29)(H,30,38)/t15?,16-,17+,18+,36?/m0/s1. The van der Waals surface area contributed by atoms with Crippen LogP contribution in [0, 0.1) is 0 Å². The Kier molecular flexibility index (Phi) is 14.6. The van der Waals surface area contributed by atoms with Gasteiger partial charge in [0.05, 0.1) is 37.5 Å². The van der Waals surface area contributed by atoms with Crippen molar-refractivity contribution in [2.45, 2.75) is 75.7 Å². The fourth-order valence-electron chi connectivity index (χ4n) is 4.49. The molecule has 6 atom stereocenters. The van der Waals surface area contributed by atoms with Crippen molar-refractivity contribution >= 4 is 51.3 Å². The third-order valence-electron chi connectivity index (χ3n) is 6.30. The van der Waals surface area contributed by atoms with E-state index in [9.17, 15) is 28.7 Å². The third kappa shape index (κ3) is 11.3. The summed E-state index contributed by atoms with van der Waals surface area (Å²) in [5.74, 6) is 0.0671. The number of rotatable bonds is 17. The van der Waals surface area contributed by atoms with Gasteiger partial charge in [-0.15, -0.1) is 4.67 Å². The van der Waals surface area contributed by atoms with Gasteiger partial charge >= 0.3 is 14.6 Å². The Morgan fingerprint density at radius 1 is 0.947 bits per heavy atom. The number of hydrogen-bond acceptors (Lipinski definition) is 12. The minimum absolute atomic E-state index is 0.0506. The van der Waals surface area contributed by atoms with Gasteiger partial charge in [0.2, 0.25) is 11.8 Å². The number of carbonyl (C=O) groups excluding carboxylic acids is 2. The van der Waals surface area contributed by atoms with E-state index in [0.29, 0.717) is 25.1 Å². The molecule has 0 aromatic heterocycles. The average Bonchev–Trinajstić information content (AvgIpc) is 3.45. The van der Waals surface area contributed by atoms with Gasteiger partial charge < -0.3 is 25.5 Å². The third-order valence-corrected chi connectivity index (χ3v) is 8.90. The highest BCUT2D eigenvalue weighted by Crippen LogP contribution is 2.52. The molecule has 2 aliphatic rings. The van der Waals surface area contributed by atoms with Gasteiger partial charge in [0.25, 0.3) is 0 Å². The second-order valence-electron chi connectivity index (χ2n) is 9.29. The van der Waals surface area contributed by atoms with E-state index in [1.807, 2.05) is 0 Å². The van der Waals surface area contributed by atoms with E-state index >= 15 is 0 Å². The molecular formula is C20H39N3O11P2S2. The van der Waals surface area contributed by atoms with Crippen molar-refractivity contribution in [2.75, 3.05) is 38.6 Å². The first-order valence-corrected chi connectivity index (χ1v) is 17.3. The van der Waals surface area contributed by atoms with E-state index in [1.165, 1.54) is 9.80 Å². The zero-order valence-corrected chi connectivity index (χ0v) is 24.7. The molecule has 0 aromatic carbocycles. The van der Waals surface area contributed by atoms with E-state index in [-0.39, 0.29) is 63.8 Å². The van der Waals surface area contributed by atoms with Gasteiger partial charge in [-0.25, -0.2) is 14.4 Å². The highest BCUT2D eigenvalue weighted by molar-refractivity contribution is 8.44. The molecule has 18 heteroatoms. The second kappa shape index (κ2) is 16.3. The van der Waals surface area contributed by atoms with Gasteiger partial charge in [-0.05, 0) is 44.4 Å². The fourth-order valence-corrected chi connectivity index (χ4v) is 6.20. The number of hydrogen-bond donors (Lipinski definition) is 6. The highest BCUT2D eigenvalue weighted by atomic mass is 32.7. The van der Waals surface area contributed by atoms with Crippen LogP contribution in [0.3, 0.4) is 0 Å². The Balaban J connectivity index is 1.97. The monoisotopic (exact) mass is 623 g/mol. The Morgan fingerprint density at radius 3 is 2.18 bits per heavy atom. The number of thiol groups is 2. The van der Waals surface area contributed by atoms with Gasteiger partial charge in [-0.1, -0.05) is 18.7 Å². The molecule has 2 saturated heterocycles. The van der Waals surface area contributed by atoms with Crippen molar-refractivity contribution < 1.29 is 52.2 Å². The summed E-state index contributed by atoms with van der Waals surface area (Å²) in [7, 11) is -4.62. The van der Waals surface area contributed by atoms with Crippen molar-refractivity contribution in [3.05, 3.63) is 0 Å². The summed E-state index contributed by atoms with van der Waals surface area (Å²) in [5, 5.41) is 18.7. The van der Waals surface area contributed by atoms with Crippen molar-refractivity contribution in [1.82, 2.24) is 9.80 Å². The molecule has 0 saturated carbocycles. The largest absolute Gasteiger partial charge is 0.472 e. The minimum atomic E-state index is -4.62. The van der Waals surface area contributed by atoms with Gasteiger partial charge in [-0.2, -0.15) is 12.6 Å². The molecule has 2 rings (SSSR count). The summed E-state index contributed by atoms with van der Waals surface area (Å²) >= 11 is 7.68. The molecule has 2 heterocycles. The lowest BCUT2D eigenvalue weighted by molar-refractivity contribution is -0.145. The van der Waals surface area contributed by atoms with Crippen molar-refractivity contribution in [1.29, 1.82) is 0 Å². The normalized spacial score (nSPS) is 26.9. The number of phosphoric acid groups is 1. The van der Waals surface area contributed by atoms with Gasteiger partial charge in [0.1, 0.15) is 0 Å². The number of aliphatic hydroxyl groups is 1. The van der Waals surface area contributed by atoms with Crippen LogP contribution < -0.4 is 5.73 Å². The molecule has 3 unspecified atom stereocenters. The molecule has 0 bridgehead atoms. The summed E-state index contributed by atoms with van der Waals surface area (Å²) < 4.78 is 43.8. The zero-order valence-electron chi connectivity index (χ0n) is 21.1. The van der Waals surface area contributed by atoms with Crippen molar-refractivity contribution in [3.8, 4) is 0 Å². The summed E-state index contributed by atoms with van der Waals surface area (Å²) in [6.07, 6.45) is 1.68. The van der Waals surface area contributed by atoms with E-state index in [0.717, 1.165) is 12.8 Å². The number of nitrogens with two attached hydrogens (primary N) is 1. The number of nitrogens with zero attached hydrogens (tertiary/aromatic N) is 2. The number of likely N-dealkylation sites (tertiary alicyclic amines) is 2. The highest BCUT2D eigenvalue weighted by Gasteiger charge is 2.42. The van der Waals surface area contributed by atoms with Crippen molar-refractivity contribution in [3.63, 3.8) is 0 Å². The van der Waals surface area contributed by atoms with Crippen LogP contribution in [-0.2, 0) is 37.0 Å². The van der Waals surface area contributed by atoms with Crippen LogP contribution in [0.1, 0.15) is 51.4 Å². The molecular weight excluding hydrogens is 584 g/mol. The van der Waals surface area contributed by atoms with E-state index in [2.05, 4.69) is 29.6 Å². The zero-order chi connectivity index (χ0) is 28.3. The maximum atomic E-state index is 12.8. The van der Waals surface area contributed by atoms with Crippen LogP contribution in [0.15, 0.2) is 0 Å². The molecule has 5 N–H and O–H groups in total. The van der Waals surface area contributed by atoms with Crippen LogP contribution in [0.4, 0.5) is 0 Å². The van der Waals surface area contributed by atoms with E-state index in [4.69, 9.17) is 24.6 Å². The number of aliphatic hydroxyl groups excluding tert-OH is 1. The first-order chi connectivity index (χ1) is 17.9. The number of β-amino-alcohol motifs (C(OH)–C–C–N with tert-alkyl or cyclic N) is 1. The molecule has 0 aromatic rings. The van der Waals surface area contributed by atoms with E-state index in [1.54, 1.807) is 0 Å². The summed E-state index contributed by atoms with van der Waals surface area (Å²) in [5.41, 5.74) is 5.48. The predicted molar refractivity (Wildman–Crippen MR) is 144 cm³/mol. The molecule has 14 nitrogen and oxygen atoms in total. The van der Waals surface area contributed by atoms with Gasteiger partial charge in [-0.3, -0.25) is 23.2 Å². The minimum Gasteiger partial charge on any atom is -0.391 e. The molecule has 38 heavy (non-hydrogen) atoms. The maximum absolute atomic E-state index is 12.8. The lowest BCUT2D eigenvalue weighted by Gasteiger charge is -2.25.